The fraction of sp³-hybridized carbons (Fsp3) is 0.385. The molecule has 0 radical (unpaired) electrons. The maximum Gasteiger partial charge on any atom is 0.313 e. The van der Waals surface area contributed by atoms with Gasteiger partial charge in [-0.05, 0) is 24.1 Å². The summed E-state index contributed by atoms with van der Waals surface area (Å²) < 4.78 is 0. The molecule has 1 amide bonds. The second kappa shape index (κ2) is 8.07. The fourth-order valence-electron chi connectivity index (χ4n) is 1.61. The number of hydrogen-bond donors (Lipinski definition) is 2. The van der Waals surface area contributed by atoms with Gasteiger partial charge in [-0.25, -0.2) is 0 Å². The number of carboxylic acid groups (broad SMARTS) is 1. The van der Waals surface area contributed by atoms with E-state index in [1.807, 2.05) is 25.1 Å². The standard InChI is InChI=1S/C13H16ClNO3S/c1-2-11(9-4-3-5-10(14)6-9)15-12(16)7-19-8-13(17)18/h3-6,11H,2,7-8H2,1H3,(H,15,16)(H,17,18). The maximum atomic E-state index is 11.7. The van der Waals surface area contributed by atoms with Crippen LogP contribution in [0.1, 0.15) is 24.9 Å². The first-order valence-corrected chi connectivity index (χ1v) is 7.40. The molecule has 0 bridgehead atoms. The number of carbonyl (C=O) groups is 2. The Morgan fingerprint density at radius 2 is 2.16 bits per heavy atom. The summed E-state index contributed by atoms with van der Waals surface area (Å²) in [5, 5.41) is 12.0. The molecule has 0 aliphatic heterocycles. The van der Waals surface area contributed by atoms with Crippen molar-refractivity contribution in [3.63, 3.8) is 0 Å². The summed E-state index contributed by atoms with van der Waals surface area (Å²) >= 11 is 7.00. The third-order valence-electron chi connectivity index (χ3n) is 2.45. The first kappa shape index (κ1) is 15.9. The molecule has 0 fully saturated rings. The minimum Gasteiger partial charge on any atom is -0.481 e. The van der Waals surface area contributed by atoms with E-state index in [0.29, 0.717) is 5.02 Å². The van der Waals surface area contributed by atoms with Gasteiger partial charge in [-0.15, -0.1) is 11.8 Å². The minimum absolute atomic E-state index is 0.0681. The van der Waals surface area contributed by atoms with Crippen LogP contribution in [0, 0.1) is 0 Å². The number of carboxylic acids is 1. The van der Waals surface area contributed by atoms with Crippen molar-refractivity contribution in [1.82, 2.24) is 5.32 Å². The number of thioether (sulfide) groups is 1. The highest BCUT2D eigenvalue weighted by Crippen LogP contribution is 2.20. The Hall–Kier alpha value is -1.20. The summed E-state index contributed by atoms with van der Waals surface area (Å²) in [6.07, 6.45) is 0.746. The van der Waals surface area contributed by atoms with Crippen LogP contribution >= 0.6 is 23.4 Å². The van der Waals surface area contributed by atoms with Crippen LogP contribution in [-0.4, -0.2) is 28.5 Å². The predicted octanol–water partition coefficient (Wildman–Crippen LogP) is 2.73. The summed E-state index contributed by atoms with van der Waals surface area (Å²) in [6, 6.07) is 7.25. The topological polar surface area (TPSA) is 66.4 Å². The summed E-state index contributed by atoms with van der Waals surface area (Å²) in [5.74, 6) is -1.01. The number of halogens is 1. The Bertz CT molecular complexity index is 453. The normalized spacial score (nSPS) is 11.9. The van der Waals surface area contributed by atoms with Crippen molar-refractivity contribution in [1.29, 1.82) is 0 Å². The van der Waals surface area contributed by atoms with E-state index in [9.17, 15) is 9.59 Å². The van der Waals surface area contributed by atoms with Crippen molar-refractivity contribution in [2.75, 3.05) is 11.5 Å². The van der Waals surface area contributed by atoms with Gasteiger partial charge in [0.15, 0.2) is 0 Å². The SMILES string of the molecule is CCC(NC(=O)CSCC(=O)O)c1cccc(Cl)c1. The number of benzene rings is 1. The van der Waals surface area contributed by atoms with Crippen LogP contribution in [0.25, 0.3) is 0 Å². The zero-order valence-corrected chi connectivity index (χ0v) is 12.1. The molecule has 0 aliphatic rings. The third kappa shape index (κ3) is 5.98. The smallest absolute Gasteiger partial charge is 0.313 e. The van der Waals surface area contributed by atoms with Gasteiger partial charge in [0.1, 0.15) is 0 Å². The summed E-state index contributed by atoms with van der Waals surface area (Å²) in [7, 11) is 0. The van der Waals surface area contributed by atoms with Crippen LogP contribution in [0.3, 0.4) is 0 Å². The molecule has 0 saturated heterocycles. The van der Waals surface area contributed by atoms with Gasteiger partial charge in [-0.2, -0.15) is 0 Å². The lowest BCUT2D eigenvalue weighted by Gasteiger charge is -2.17. The first-order valence-electron chi connectivity index (χ1n) is 5.87. The molecular weight excluding hydrogens is 286 g/mol. The molecule has 0 saturated carbocycles. The largest absolute Gasteiger partial charge is 0.481 e. The van der Waals surface area contributed by atoms with Crippen LogP contribution in [0.15, 0.2) is 24.3 Å². The quantitative estimate of drug-likeness (QED) is 0.812. The molecule has 1 atom stereocenters. The number of nitrogens with one attached hydrogen (secondary N) is 1. The number of amides is 1. The molecule has 4 nitrogen and oxygen atoms in total. The van der Waals surface area contributed by atoms with E-state index in [1.165, 1.54) is 0 Å². The lowest BCUT2D eigenvalue weighted by Crippen LogP contribution is -2.29. The van der Waals surface area contributed by atoms with Crippen LogP contribution < -0.4 is 5.32 Å². The molecule has 19 heavy (non-hydrogen) atoms. The van der Waals surface area contributed by atoms with E-state index in [1.54, 1.807) is 6.07 Å². The van der Waals surface area contributed by atoms with Crippen LogP contribution in [0.5, 0.6) is 0 Å². The number of carbonyl (C=O) groups excluding carboxylic acids is 1. The monoisotopic (exact) mass is 301 g/mol. The van der Waals surface area contributed by atoms with Crippen LogP contribution in [0.2, 0.25) is 5.02 Å². The van der Waals surface area contributed by atoms with Crippen molar-refractivity contribution < 1.29 is 14.7 Å². The van der Waals surface area contributed by atoms with Gasteiger partial charge in [-0.3, -0.25) is 9.59 Å². The van der Waals surface area contributed by atoms with E-state index >= 15 is 0 Å². The molecule has 2 N–H and O–H groups in total. The highest BCUT2D eigenvalue weighted by molar-refractivity contribution is 8.00. The molecule has 6 heteroatoms. The Kier molecular flexibility index (Phi) is 6.73. The fourth-order valence-corrected chi connectivity index (χ4v) is 2.36. The van der Waals surface area contributed by atoms with Crippen LogP contribution in [0.4, 0.5) is 0 Å². The molecule has 0 aromatic heterocycles. The van der Waals surface area contributed by atoms with Crippen molar-refractivity contribution in [2.24, 2.45) is 0 Å². The lowest BCUT2D eigenvalue weighted by atomic mass is 10.0. The zero-order valence-electron chi connectivity index (χ0n) is 10.6. The Balaban J connectivity index is 2.52. The van der Waals surface area contributed by atoms with E-state index in [2.05, 4.69) is 5.32 Å². The molecular formula is C13H16ClNO3S. The number of rotatable bonds is 7. The summed E-state index contributed by atoms with van der Waals surface area (Å²) in [6.45, 7) is 1.97. The molecule has 1 rings (SSSR count). The maximum absolute atomic E-state index is 11.7. The number of aliphatic carboxylic acids is 1. The van der Waals surface area contributed by atoms with Crippen molar-refractivity contribution >= 4 is 35.2 Å². The predicted molar refractivity (Wildman–Crippen MR) is 77.6 cm³/mol. The van der Waals surface area contributed by atoms with Crippen LogP contribution in [-0.2, 0) is 9.59 Å². The molecule has 0 spiro atoms. The summed E-state index contributed by atoms with van der Waals surface area (Å²) in [4.78, 5) is 22.0. The van der Waals surface area contributed by atoms with Gasteiger partial charge < -0.3 is 10.4 Å². The minimum atomic E-state index is -0.917. The van der Waals surface area contributed by atoms with E-state index in [-0.39, 0.29) is 23.5 Å². The van der Waals surface area contributed by atoms with Gasteiger partial charge in [0, 0.05) is 5.02 Å². The molecule has 1 aromatic carbocycles. The second-order valence-corrected chi connectivity index (χ2v) is 5.39. The highest BCUT2D eigenvalue weighted by atomic mass is 35.5. The molecule has 1 unspecified atom stereocenters. The van der Waals surface area contributed by atoms with Crippen molar-refractivity contribution in [2.45, 2.75) is 19.4 Å². The van der Waals surface area contributed by atoms with Gasteiger partial charge in [-0.1, -0.05) is 30.7 Å². The van der Waals surface area contributed by atoms with Crippen molar-refractivity contribution in [3.05, 3.63) is 34.9 Å². The second-order valence-electron chi connectivity index (χ2n) is 3.97. The van der Waals surface area contributed by atoms with Gasteiger partial charge in [0.2, 0.25) is 5.91 Å². The average Bonchev–Trinajstić information content (AvgIpc) is 2.35. The van der Waals surface area contributed by atoms with Gasteiger partial charge in [0.25, 0.3) is 0 Å². The van der Waals surface area contributed by atoms with Crippen molar-refractivity contribution in [3.8, 4) is 0 Å². The lowest BCUT2D eigenvalue weighted by molar-refractivity contribution is -0.133. The molecule has 0 aliphatic carbocycles. The van der Waals surface area contributed by atoms with Gasteiger partial charge >= 0.3 is 5.97 Å². The Labute approximate surface area is 121 Å². The average molecular weight is 302 g/mol. The summed E-state index contributed by atoms with van der Waals surface area (Å²) in [5.41, 5.74) is 0.951. The van der Waals surface area contributed by atoms with E-state index in [0.717, 1.165) is 23.7 Å². The van der Waals surface area contributed by atoms with E-state index < -0.39 is 5.97 Å². The highest BCUT2D eigenvalue weighted by Gasteiger charge is 2.13. The Morgan fingerprint density at radius 3 is 2.74 bits per heavy atom. The van der Waals surface area contributed by atoms with Gasteiger partial charge in [0.05, 0.1) is 17.5 Å². The molecule has 104 valence electrons. The molecule has 1 aromatic rings. The molecule has 0 heterocycles. The Morgan fingerprint density at radius 1 is 1.42 bits per heavy atom. The first-order chi connectivity index (χ1) is 9.02. The van der Waals surface area contributed by atoms with E-state index in [4.69, 9.17) is 16.7 Å². The third-order valence-corrected chi connectivity index (χ3v) is 3.61. The zero-order chi connectivity index (χ0) is 14.3. The number of hydrogen-bond acceptors (Lipinski definition) is 3.